The highest BCUT2D eigenvalue weighted by molar-refractivity contribution is 6.05. The second kappa shape index (κ2) is 6.16. The van der Waals surface area contributed by atoms with Crippen LogP contribution < -0.4 is 5.32 Å². The molecule has 0 aliphatic heterocycles. The van der Waals surface area contributed by atoms with Crippen LogP contribution in [-0.2, 0) is 7.05 Å². The van der Waals surface area contributed by atoms with Crippen LogP contribution >= 0.6 is 0 Å². The Labute approximate surface area is 144 Å². The number of benzene rings is 3. The van der Waals surface area contributed by atoms with E-state index in [-0.39, 0.29) is 5.91 Å². The Bertz CT molecular complexity index is 1070. The maximum atomic E-state index is 12.6. The van der Waals surface area contributed by atoms with Gasteiger partial charge in [0.05, 0.1) is 0 Å². The lowest BCUT2D eigenvalue weighted by molar-refractivity contribution is 0.102. The smallest absolute Gasteiger partial charge is 0.255 e. The van der Waals surface area contributed by atoms with E-state index in [0.29, 0.717) is 11.4 Å². The van der Waals surface area contributed by atoms with Crippen LogP contribution in [0.4, 0.5) is 5.69 Å². The van der Waals surface area contributed by atoms with Crippen molar-refractivity contribution in [2.75, 3.05) is 5.32 Å². The van der Waals surface area contributed by atoms with Gasteiger partial charge in [-0.1, -0.05) is 42.5 Å². The highest BCUT2D eigenvalue weighted by atomic mass is 16.1. The van der Waals surface area contributed by atoms with Gasteiger partial charge >= 0.3 is 0 Å². The molecule has 1 amide bonds. The van der Waals surface area contributed by atoms with Crippen LogP contribution in [0.5, 0.6) is 0 Å². The summed E-state index contributed by atoms with van der Waals surface area (Å²) in [6, 6.07) is 21.1. The van der Waals surface area contributed by atoms with Crippen LogP contribution in [0.3, 0.4) is 0 Å². The van der Waals surface area contributed by atoms with Crippen LogP contribution in [0.2, 0.25) is 0 Å². The minimum absolute atomic E-state index is 0.174. The molecular formula is C19H15N5O. The van der Waals surface area contributed by atoms with Crippen LogP contribution in [0.25, 0.3) is 22.2 Å². The van der Waals surface area contributed by atoms with Crippen LogP contribution in [0.15, 0.2) is 66.7 Å². The predicted molar refractivity (Wildman–Crippen MR) is 96.1 cm³/mol. The highest BCUT2D eigenvalue weighted by Crippen LogP contribution is 2.21. The molecular weight excluding hydrogens is 314 g/mol. The molecule has 0 spiro atoms. The van der Waals surface area contributed by atoms with Crippen molar-refractivity contribution in [3.63, 3.8) is 0 Å². The Morgan fingerprint density at radius 1 is 0.960 bits per heavy atom. The zero-order valence-corrected chi connectivity index (χ0v) is 13.5. The van der Waals surface area contributed by atoms with Crippen LogP contribution in [0.1, 0.15) is 10.4 Å². The molecule has 6 heteroatoms. The fourth-order valence-electron chi connectivity index (χ4n) is 2.74. The van der Waals surface area contributed by atoms with Gasteiger partial charge in [0.1, 0.15) is 0 Å². The summed E-state index contributed by atoms with van der Waals surface area (Å²) in [5.74, 6) is 0.438. The lowest BCUT2D eigenvalue weighted by atomic mass is 10.1. The van der Waals surface area contributed by atoms with Gasteiger partial charge in [-0.15, -0.1) is 5.10 Å². The third kappa shape index (κ3) is 2.97. The van der Waals surface area contributed by atoms with Crippen molar-refractivity contribution in [3.8, 4) is 11.4 Å². The first-order valence-electron chi connectivity index (χ1n) is 7.84. The van der Waals surface area contributed by atoms with Gasteiger partial charge in [-0.3, -0.25) is 4.79 Å². The van der Waals surface area contributed by atoms with Gasteiger partial charge in [-0.25, -0.2) is 4.68 Å². The summed E-state index contributed by atoms with van der Waals surface area (Å²) in [7, 11) is 1.76. The van der Waals surface area contributed by atoms with Crippen molar-refractivity contribution in [3.05, 3.63) is 72.3 Å². The average Bonchev–Trinajstić information content (AvgIpc) is 3.08. The van der Waals surface area contributed by atoms with E-state index in [1.807, 2.05) is 54.6 Å². The number of aromatic nitrogens is 4. The van der Waals surface area contributed by atoms with E-state index in [1.165, 1.54) is 0 Å². The number of carbonyl (C=O) groups is 1. The molecule has 0 aliphatic carbocycles. The Morgan fingerprint density at radius 2 is 1.80 bits per heavy atom. The molecule has 25 heavy (non-hydrogen) atoms. The highest BCUT2D eigenvalue weighted by Gasteiger charge is 2.11. The van der Waals surface area contributed by atoms with Gasteiger partial charge < -0.3 is 5.32 Å². The van der Waals surface area contributed by atoms with Gasteiger partial charge in [-0.05, 0) is 45.5 Å². The molecule has 0 saturated heterocycles. The van der Waals surface area contributed by atoms with Crippen molar-refractivity contribution in [1.29, 1.82) is 0 Å². The molecule has 0 saturated carbocycles. The van der Waals surface area contributed by atoms with Crippen LogP contribution in [-0.4, -0.2) is 26.1 Å². The van der Waals surface area contributed by atoms with Crippen molar-refractivity contribution >= 4 is 22.4 Å². The number of fused-ring (bicyclic) bond motifs is 1. The number of carbonyl (C=O) groups excluding carboxylic acids is 1. The Morgan fingerprint density at radius 3 is 2.60 bits per heavy atom. The van der Waals surface area contributed by atoms with Gasteiger partial charge in [0.25, 0.3) is 5.91 Å². The normalized spacial score (nSPS) is 10.8. The first kappa shape index (κ1) is 15.0. The van der Waals surface area contributed by atoms with E-state index in [4.69, 9.17) is 0 Å². The molecule has 0 radical (unpaired) electrons. The number of aryl methyl sites for hydroxylation is 1. The van der Waals surface area contributed by atoms with Gasteiger partial charge in [-0.2, -0.15) is 0 Å². The van der Waals surface area contributed by atoms with E-state index in [2.05, 4.69) is 20.8 Å². The molecule has 4 aromatic rings. The zero-order chi connectivity index (χ0) is 17.2. The Balaban J connectivity index is 1.61. The number of amides is 1. The number of nitrogens with zero attached hydrogens (tertiary/aromatic N) is 4. The second-order valence-electron chi connectivity index (χ2n) is 5.72. The summed E-state index contributed by atoms with van der Waals surface area (Å²) in [5, 5.41) is 16.6. The number of hydrogen-bond acceptors (Lipinski definition) is 4. The van der Waals surface area contributed by atoms with E-state index >= 15 is 0 Å². The number of nitrogens with one attached hydrogen (secondary N) is 1. The molecule has 0 atom stereocenters. The van der Waals surface area contributed by atoms with Gasteiger partial charge in [0.15, 0.2) is 5.82 Å². The SMILES string of the molecule is Cn1nnnc1-c1cccc(C(=O)Nc2ccc3ccccc3c2)c1. The summed E-state index contributed by atoms with van der Waals surface area (Å²) in [4.78, 5) is 12.6. The maximum Gasteiger partial charge on any atom is 0.255 e. The molecule has 3 aromatic carbocycles. The summed E-state index contributed by atoms with van der Waals surface area (Å²) in [5.41, 5.74) is 2.10. The third-order valence-corrected chi connectivity index (χ3v) is 4.01. The summed E-state index contributed by atoms with van der Waals surface area (Å²) < 4.78 is 1.57. The van der Waals surface area contributed by atoms with Crippen LogP contribution in [0, 0.1) is 0 Å². The van der Waals surface area contributed by atoms with Crippen molar-refractivity contribution in [1.82, 2.24) is 20.2 Å². The van der Waals surface area contributed by atoms with Crippen molar-refractivity contribution in [2.45, 2.75) is 0 Å². The molecule has 122 valence electrons. The lowest BCUT2D eigenvalue weighted by Gasteiger charge is -2.08. The standard InChI is InChI=1S/C19H15N5O/c1-24-18(21-22-23-24)15-7-4-8-16(11-15)19(25)20-17-10-9-13-5-2-3-6-14(13)12-17/h2-12H,1H3,(H,20,25). The molecule has 1 N–H and O–H groups in total. The van der Waals surface area contributed by atoms with Crippen molar-refractivity contribution < 1.29 is 4.79 Å². The first-order valence-corrected chi connectivity index (χ1v) is 7.84. The molecule has 0 aliphatic rings. The summed E-state index contributed by atoms with van der Waals surface area (Å²) in [6.45, 7) is 0. The minimum atomic E-state index is -0.174. The Kier molecular flexibility index (Phi) is 3.70. The molecule has 1 heterocycles. The molecule has 0 bridgehead atoms. The van der Waals surface area contributed by atoms with Gasteiger partial charge in [0, 0.05) is 23.9 Å². The third-order valence-electron chi connectivity index (χ3n) is 4.01. The largest absolute Gasteiger partial charge is 0.322 e. The van der Waals surface area contributed by atoms with E-state index in [9.17, 15) is 4.79 Å². The Hall–Kier alpha value is -3.54. The lowest BCUT2D eigenvalue weighted by Crippen LogP contribution is -2.12. The number of rotatable bonds is 3. The number of hydrogen-bond donors (Lipinski definition) is 1. The fraction of sp³-hybridized carbons (Fsp3) is 0.0526. The molecule has 4 rings (SSSR count). The minimum Gasteiger partial charge on any atom is -0.322 e. The fourth-order valence-corrected chi connectivity index (χ4v) is 2.74. The van der Waals surface area contributed by atoms with Gasteiger partial charge in [0.2, 0.25) is 0 Å². The maximum absolute atomic E-state index is 12.6. The summed E-state index contributed by atoms with van der Waals surface area (Å²) in [6.07, 6.45) is 0. The monoisotopic (exact) mass is 329 g/mol. The topological polar surface area (TPSA) is 72.7 Å². The zero-order valence-electron chi connectivity index (χ0n) is 13.5. The molecule has 6 nitrogen and oxygen atoms in total. The average molecular weight is 329 g/mol. The quantitative estimate of drug-likeness (QED) is 0.626. The first-order chi connectivity index (χ1) is 12.2. The second-order valence-corrected chi connectivity index (χ2v) is 5.72. The molecule has 0 fully saturated rings. The molecule has 1 aromatic heterocycles. The number of anilines is 1. The van der Waals surface area contributed by atoms with E-state index in [1.54, 1.807) is 23.9 Å². The van der Waals surface area contributed by atoms with E-state index in [0.717, 1.165) is 22.0 Å². The molecule has 0 unspecified atom stereocenters. The predicted octanol–water partition coefficient (Wildman–Crippen LogP) is 3.28. The van der Waals surface area contributed by atoms with E-state index < -0.39 is 0 Å². The number of tetrazole rings is 1. The summed E-state index contributed by atoms with van der Waals surface area (Å²) >= 11 is 0. The van der Waals surface area contributed by atoms with Crippen molar-refractivity contribution in [2.24, 2.45) is 7.05 Å².